The Morgan fingerprint density at radius 3 is 2.90 bits per heavy atom. The number of amides is 1. The lowest BCUT2D eigenvalue weighted by Crippen LogP contribution is -2.31. The first-order chi connectivity index (χ1) is 15.1. The molecule has 0 unspecified atom stereocenters. The van der Waals surface area contributed by atoms with Crippen LogP contribution in [0.1, 0.15) is 52.6 Å². The lowest BCUT2D eigenvalue weighted by atomic mass is 10.1. The Bertz CT molecular complexity index is 1250. The molecule has 31 heavy (non-hydrogen) atoms. The van der Waals surface area contributed by atoms with Crippen molar-refractivity contribution in [3.05, 3.63) is 64.5 Å². The quantitative estimate of drug-likeness (QED) is 0.461. The molecule has 1 aliphatic rings. The number of nitrogens with one attached hydrogen (secondary N) is 1. The number of para-hydroxylation sites is 1. The molecule has 158 valence electrons. The van der Waals surface area contributed by atoms with Gasteiger partial charge >= 0.3 is 0 Å². The van der Waals surface area contributed by atoms with E-state index in [9.17, 15) is 4.79 Å². The number of hydrogen-bond donors (Lipinski definition) is 1. The van der Waals surface area contributed by atoms with Crippen LogP contribution in [0.2, 0.25) is 0 Å². The number of hydrogen-bond acceptors (Lipinski definition) is 7. The average Bonchev–Trinajstić information content (AvgIpc) is 3.53. The van der Waals surface area contributed by atoms with Crippen LogP contribution in [0, 0.1) is 6.92 Å². The van der Waals surface area contributed by atoms with Gasteiger partial charge in [-0.25, -0.2) is 4.98 Å². The predicted octanol–water partition coefficient (Wildman–Crippen LogP) is 5.27. The number of furan rings is 1. The number of rotatable bonds is 5. The molecule has 0 radical (unpaired) electrons. The fourth-order valence-corrected chi connectivity index (χ4v) is 4.78. The van der Waals surface area contributed by atoms with Gasteiger partial charge in [-0.05, 0) is 44.4 Å². The molecular formula is C23H23N5O2S. The first-order valence-electron chi connectivity index (χ1n) is 10.5. The monoisotopic (exact) mass is 433 g/mol. The van der Waals surface area contributed by atoms with Gasteiger partial charge in [0.1, 0.15) is 16.4 Å². The zero-order chi connectivity index (χ0) is 21.4. The minimum atomic E-state index is -0.0810. The molecule has 1 amide bonds. The third-order valence-electron chi connectivity index (χ3n) is 5.67. The topological polar surface area (TPSA) is 84.2 Å². The van der Waals surface area contributed by atoms with Crippen molar-refractivity contribution >= 4 is 39.2 Å². The summed E-state index contributed by atoms with van der Waals surface area (Å²) in [7, 11) is 0. The Balaban J connectivity index is 1.41. The molecule has 1 fully saturated rings. The van der Waals surface area contributed by atoms with Crippen molar-refractivity contribution in [2.45, 2.75) is 39.2 Å². The summed E-state index contributed by atoms with van der Waals surface area (Å²) in [6.45, 7) is 4.69. The van der Waals surface area contributed by atoms with Crippen LogP contribution in [0.15, 0.2) is 46.9 Å². The number of benzene rings is 1. The average molecular weight is 434 g/mol. The van der Waals surface area contributed by atoms with Crippen molar-refractivity contribution < 1.29 is 9.21 Å². The molecular weight excluding hydrogens is 410 g/mol. The van der Waals surface area contributed by atoms with Gasteiger partial charge in [0.05, 0.1) is 11.7 Å². The summed E-state index contributed by atoms with van der Waals surface area (Å²) in [5.74, 6) is 1.05. The van der Waals surface area contributed by atoms with Gasteiger partial charge in [-0.3, -0.25) is 4.79 Å². The molecule has 1 aromatic carbocycles. The van der Waals surface area contributed by atoms with Crippen molar-refractivity contribution in [1.82, 2.24) is 20.1 Å². The summed E-state index contributed by atoms with van der Waals surface area (Å²) >= 11 is 1.52. The second kappa shape index (κ2) is 8.11. The number of carbonyl (C=O) groups is 1. The fraction of sp³-hybridized carbons (Fsp3) is 0.304. The molecule has 7 nitrogen and oxygen atoms in total. The third kappa shape index (κ3) is 3.67. The lowest BCUT2D eigenvalue weighted by molar-refractivity contribution is 0.0702. The van der Waals surface area contributed by atoms with E-state index in [0.717, 1.165) is 51.6 Å². The zero-order valence-corrected chi connectivity index (χ0v) is 18.3. The summed E-state index contributed by atoms with van der Waals surface area (Å²) in [5.41, 5.74) is 2.49. The summed E-state index contributed by atoms with van der Waals surface area (Å²) in [6, 6.07) is 13.5. The largest absolute Gasteiger partial charge is 0.451 e. The van der Waals surface area contributed by atoms with Gasteiger partial charge in [0, 0.05) is 17.5 Å². The Hall–Kier alpha value is -3.26. The highest BCUT2D eigenvalue weighted by molar-refractivity contribution is 7.15. The molecule has 1 N–H and O–H groups in total. The van der Waals surface area contributed by atoms with E-state index >= 15 is 0 Å². The molecule has 5 rings (SSSR count). The molecule has 4 heterocycles. The maximum absolute atomic E-state index is 13.4. The molecule has 1 saturated heterocycles. The van der Waals surface area contributed by atoms with Gasteiger partial charge in [-0.1, -0.05) is 42.5 Å². The Labute approximate surface area is 184 Å². The van der Waals surface area contributed by atoms with E-state index in [0.29, 0.717) is 18.1 Å². The van der Waals surface area contributed by atoms with Crippen LogP contribution in [0.5, 0.6) is 0 Å². The van der Waals surface area contributed by atoms with E-state index in [-0.39, 0.29) is 11.9 Å². The fourth-order valence-electron chi connectivity index (χ4n) is 4.09. The van der Waals surface area contributed by atoms with Gasteiger partial charge < -0.3 is 14.6 Å². The Morgan fingerprint density at radius 1 is 1.23 bits per heavy atom. The number of aromatic nitrogens is 3. The van der Waals surface area contributed by atoms with Crippen molar-refractivity contribution in [2.24, 2.45) is 0 Å². The highest BCUT2D eigenvalue weighted by Gasteiger charge is 2.34. The minimum absolute atomic E-state index is 0.0759. The van der Waals surface area contributed by atoms with Crippen LogP contribution < -0.4 is 5.32 Å². The highest BCUT2D eigenvalue weighted by atomic mass is 32.1. The van der Waals surface area contributed by atoms with Crippen LogP contribution in [0.3, 0.4) is 0 Å². The second-order valence-electron chi connectivity index (χ2n) is 7.64. The van der Waals surface area contributed by atoms with Crippen LogP contribution in [0.4, 0.5) is 10.9 Å². The van der Waals surface area contributed by atoms with Gasteiger partial charge in [-0.15, -0.1) is 10.2 Å². The van der Waals surface area contributed by atoms with E-state index in [1.807, 2.05) is 54.3 Å². The summed E-state index contributed by atoms with van der Waals surface area (Å²) in [4.78, 5) is 20.1. The van der Waals surface area contributed by atoms with Crippen LogP contribution in [-0.2, 0) is 6.42 Å². The number of pyridine rings is 1. The first-order valence-corrected chi connectivity index (χ1v) is 11.3. The van der Waals surface area contributed by atoms with Crippen molar-refractivity contribution in [2.75, 3.05) is 11.9 Å². The SMILES string of the molecule is CCc1nnc(Nc2cccc([C@H]3CCCN3C(=O)c3oc4ccccc4c3C)n2)s1. The zero-order valence-electron chi connectivity index (χ0n) is 17.5. The number of aryl methyl sites for hydroxylation is 2. The molecule has 8 heteroatoms. The van der Waals surface area contributed by atoms with E-state index in [4.69, 9.17) is 9.40 Å². The molecule has 0 aliphatic carbocycles. The number of anilines is 2. The van der Waals surface area contributed by atoms with Crippen molar-refractivity contribution in [3.63, 3.8) is 0 Å². The summed E-state index contributed by atoms with van der Waals surface area (Å²) in [5, 5.41) is 14.2. The van der Waals surface area contributed by atoms with Crippen LogP contribution in [-0.4, -0.2) is 32.5 Å². The Kier molecular flexibility index (Phi) is 5.15. The van der Waals surface area contributed by atoms with Crippen LogP contribution >= 0.6 is 11.3 Å². The van der Waals surface area contributed by atoms with Gasteiger partial charge in [0.2, 0.25) is 5.13 Å². The standard InChI is InChI=1S/C23H23N5O2S/c1-3-20-26-27-23(31-20)25-19-12-6-9-16(24-19)17-10-7-13-28(17)22(29)21-14(2)15-8-4-5-11-18(15)30-21/h4-6,8-9,11-12,17H,3,7,10,13H2,1-2H3,(H,24,25,27)/t17-/m1/s1. The molecule has 0 saturated carbocycles. The molecule has 0 spiro atoms. The summed E-state index contributed by atoms with van der Waals surface area (Å²) in [6.07, 6.45) is 2.67. The number of fused-ring (bicyclic) bond motifs is 1. The van der Waals surface area contributed by atoms with Crippen molar-refractivity contribution in [1.29, 1.82) is 0 Å². The Morgan fingerprint density at radius 2 is 2.10 bits per heavy atom. The van der Waals surface area contributed by atoms with E-state index in [1.54, 1.807) is 0 Å². The molecule has 0 bridgehead atoms. The van der Waals surface area contributed by atoms with E-state index in [2.05, 4.69) is 22.4 Å². The van der Waals surface area contributed by atoms with Gasteiger partial charge in [0.15, 0.2) is 5.76 Å². The highest BCUT2D eigenvalue weighted by Crippen LogP contribution is 2.35. The number of nitrogens with zero attached hydrogens (tertiary/aromatic N) is 4. The number of carbonyl (C=O) groups excluding carboxylic acids is 1. The maximum atomic E-state index is 13.4. The molecule has 3 aromatic heterocycles. The summed E-state index contributed by atoms with van der Waals surface area (Å²) < 4.78 is 5.94. The molecule has 1 aliphatic heterocycles. The lowest BCUT2D eigenvalue weighted by Gasteiger charge is -2.24. The van der Waals surface area contributed by atoms with E-state index < -0.39 is 0 Å². The number of likely N-dealkylation sites (tertiary alicyclic amines) is 1. The molecule has 1 atom stereocenters. The second-order valence-corrected chi connectivity index (χ2v) is 8.70. The predicted molar refractivity (Wildman–Crippen MR) is 121 cm³/mol. The van der Waals surface area contributed by atoms with Crippen molar-refractivity contribution in [3.8, 4) is 0 Å². The smallest absolute Gasteiger partial charge is 0.290 e. The maximum Gasteiger partial charge on any atom is 0.290 e. The van der Waals surface area contributed by atoms with Gasteiger partial charge in [0.25, 0.3) is 5.91 Å². The van der Waals surface area contributed by atoms with Gasteiger partial charge in [-0.2, -0.15) is 0 Å². The molecule has 4 aromatic rings. The first kappa shape index (κ1) is 19.7. The van der Waals surface area contributed by atoms with E-state index in [1.165, 1.54) is 11.3 Å². The third-order valence-corrected chi connectivity index (χ3v) is 6.65. The normalized spacial score (nSPS) is 16.2. The van der Waals surface area contributed by atoms with Crippen LogP contribution in [0.25, 0.3) is 11.0 Å². The minimum Gasteiger partial charge on any atom is -0.451 e.